The highest BCUT2D eigenvalue weighted by Crippen LogP contribution is 2.07. The number of nitrogens with one attached hydrogen (secondary N) is 1. The normalized spacial score (nSPS) is 9.70. The van der Waals surface area contributed by atoms with E-state index in [1.54, 1.807) is 24.3 Å². The number of carbonyl (C=O) groups is 1. The lowest BCUT2D eigenvalue weighted by Crippen LogP contribution is -2.22. The summed E-state index contributed by atoms with van der Waals surface area (Å²) in [7, 11) is 0. The van der Waals surface area contributed by atoms with Crippen LogP contribution in [0.15, 0.2) is 40.8 Å². The molecule has 0 bridgehead atoms. The third-order valence-corrected chi connectivity index (χ3v) is 2.66. The minimum Gasteiger partial charge on any atom is -0.465 e. The second kappa shape index (κ2) is 6.60. The van der Waals surface area contributed by atoms with Crippen molar-refractivity contribution in [2.75, 3.05) is 6.61 Å². The largest absolute Gasteiger partial charge is 0.465 e. The van der Waals surface area contributed by atoms with Crippen LogP contribution in [0.3, 0.4) is 0 Å². The molecule has 4 heteroatoms. The molecular formula is C16H15NO3. The zero-order valence-electron chi connectivity index (χ0n) is 11.1. The zero-order valence-corrected chi connectivity index (χ0v) is 11.1. The highest BCUT2D eigenvalue weighted by molar-refractivity contribution is 5.94. The fourth-order valence-electron chi connectivity index (χ4n) is 1.73. The van der Waals surface area contributed by atoms with E-state index in [1.165, 1.54) is 0 Å². The second-order valence-electron chi connectivity index (χ2n) is 4.24. The Balaban J connectivity index is 2.01. The number of rotatable bonds is 3. The van der Waals surface area contributed by atoms with E-state index in [0.717, 1.165) is 5.76 Å². The summed E-state index contributed by atoms with van der Waals surface area (Å²) >= 11 is 0. The fourth-order valence-corrected chi connectivity index (χ4v) is 1.73. The molecule has 0 saturated heterocycles. The Bertz CT molecular complexity index is 662. The Hall–Kier alpha value is -2.51. The average Bonchev–Trinajstić information content (AvgIpc) is 2.88. The quantitative estimate of drug-likeness (QED) is 0.836. The lowest BCUT2D eigenvalue weighted by Gasteiger charge is -2.03. The summed E-state index contributed by atoms with van der Waals surface area (Å²) in [4.78, 5) is 12.0. The Morgan fingerprint density at radius 3 is 2.90 bits per heavy atom. The molecule has 2 rings (SSSR count). The van der Waals surface area contributed by atoms with E-state index in [2.05, 4.69) is 17.2 Å². The number of hydrogen-bond acceptors (Lipinski definition) is 3. The number of aliphatic hydroxyl groups excluding tert-OH is 1. The number of carbonyl (C=O) groups excluding carboxylic acids is 1. The highest BCUT2D eigenvalue weighted by atomic mass is 16.3. The average molecular weight is 269 g/mol. The topological polar surface area (TPSA) is 62.5 Å². The van der Waals surface area contributed by atoms with E-state index in [4.69, 9.17) is 9.52 Å². The maximum atomic E-state index is 12.0. The molecule has 0 atom stereocenters. The van der Waals surface area contributed by atoms with Gasteiger partial charge in [0.1, 0.15) is 18.1 Å². The lowest BCUT2D eigenvalue weighted by atomic mass is 10.1. The van der Waals surface area contributed by atoms with Crippen LogP contribution < -0.4 is 5.32 Å². The van der Waals surface area contributed by atoms with Gasteiger partial charge in [-0.05, 0) is 37.3 Å². The molecular weight excluding hydrogens is 254 g/mol. The van der Waals surface area contributed by atoms with Crippen molar-refractivity contribution < 1.29 is 14.3 Å². The summed E-state index contributed by atoms with van der Waals surface area (Å²) in [6.45, 7) is 2.00. The molecule has 20 heavy (non-hydrogen) atoms. The summed E-state index contributed by atoms with van der Waals surface area (Å²) in [5.41, 5.74) is 1.22. The third kappa shape index (κ3) is 3.74. The molecule has 102 valence electrons. The van der Waals surface area contributed by atoms with Crippen molar-refractivity contribution in [3.8, 4) is 11.8 Å². The van der Waals surface area contributed by atoms with E-state index >= 15 is 0 Å². The van der Waals surface area contributed by atoms with Crippen molar-refractivity contribution >= 4 is 5.91 Å². The molecule has 1 heterocycles. The first-order valence-corrected chi connectivity index (χ1v) is 6.22. The molecule has 1 amide bonds. The first-order valence-electron chi connectivity index (χ1n) is 6.22. The zero-order chi connectivity index (χ0) is 14.4. The predicted molar refractivity (Wildman–Crippen MR) is 75.0 cm³/mol. The first kappa shape index (κ1) is 13.9. The molecule has 2 aromatic rings. The Morgan fingerprint density at radius 1 is 1.35 bits per heavy atom. The molecule has 0 spiro atoms. The van der Waals surface area contributed by atoms with Crippen LogP contribution in [0.25, 0.3) is 0 Å². The maximum Gasteiger partial charge on any atom is 0.251 e. The SMILES string of the molecule is Cc1ccc(CNC(=O)c2cccc(C#CCO)c2)o1. The van der Waals surface area contributed by atoms with Crippen LogP contribution in [0.2, 0.25) is 0 Å². The van der Waals surface area contributed by atoms with Crippen molar-refractivity contribution in [3.05, 3.63) is 59.0 Å². The van der Waals surface area contributed by atoms with Crippen molar-refractivity contribution in [2.24, 2.45) is 0 Å². The van der Waals surface area contributed by atoms with Gasteiger partial charge in [-0.1, -0.05) is 17.9 Å². The minimum atomic E-state index is -0.200. The van der Waals surface area contributed by atoms with Crippen LogP contribution in [0.5, 0.6) is 0 Å². The molecule has 2 N–H and O–H groups in total. The van der Waals surface area contributed by atoms with E-state index in [1.807, 2.05) is 19.1 Å². The monoisotopic (exact) mass is 269 g/mol. The molecule has 0 saturated carbocycles. The van der Waals surface area contributed by atoms with Gasteiger partial charge < -0.3 is 14.8 Å². The molecule has 0 aliphatic carbocycles. The van der Waals surface area contributed by atoms with E-state index < -0.39 is 0 Å². The van der Waals surface area contributed by atoms with Crippen molar-refractivity contribution in [1.82, 2.24) is 5.32 Å². The Kier molecular flexibility index (Phi) is 4.59. The van der Waals surface area contributed by atoms with Crippen LogP contribution in [-0.2, 0) is 6.54 Å². The molecule has 4 nitrogen and oxygen atoms in total. The van der Waals surface area contributed by atoms with Crippen LogP contribution >= 0.6 is 0 Å². The second-order valence-corrected chi connectivity index (χ2v) is 4.24. The molecule has 1 aromatic heterocycles. The van der Waals surface area contributed by atoms with Gasteiger partial charge in [0, 0.05) is 11.1 Å². The highest BCUT2D eigenvalue weighted by Gasteiger charge is 2.06. The summed E-state index contributed by atoms with van der Waals surface area (Å²) in [5.74, 6) is 6.66. The summed E-state index contributed by atoms with van der Waals surface area (Å²) < 4.78 is 5.38. The van der Waals surface area contributed by atoms with E-state index in [0.29, 0.717) is 23.4 Å². The predicted octanol–water partition coefficient (Wildman–Crippen LogP) is 1.86. The first-order chi connectivity index (χ1) is 9.69. The number of furan rings is 1. The number of benzene rings is 1. The van der Waals surface area contributed by atoms with Crippen LogP contribution in [0, 0.1) is 18.8 Å². The van der Waals surface area contributed by atoms with Crippen molar-refractivity contribution in [2.45, 2.75) is 13.5 Å². The van der Waals surface area contributed by atoms with Gasteiger partial charge in [-0.3, -0.25) is 4.79 Å². The number of hydrogen-bond donors (Lipinski definition) is 2. The van der Waals surface area contributed by atoms with Gasteiger partial charge in [-0.2, -0.15) is 0 Å². The van der Waals surface area contributed by atoms with Gasteiger partial charge in [0.15, 0.2) is 0 Å². The smallest absolute Gasteiger partial charge is 0.251 e. The number of aryl methyl sites for hydroxylation is 1. The lowest BCUT2D eigenvalue weighted by molar-refractivity contribution is 0.0948. The minimum absolute atomic E-state index is 0.188. The molecule has 0 fully saturated rings. The molecule has 1 aromatic carbocycles. The van der Waals surface area contributed by atoms with Gasteiger partial charge in [0.2, 0.25) is 0 Å². The van der Waals surface area contributed by atoms with Gasteiger partial charge >= 0.3 is 0 Å². The summed E-state index contributed by atoms with van der Waals surface area (Å²) in [5, 5.41) is 11.4. The Labute approximate surface area is 117 Å². The van der Waals surface area contributed by atoms with Gasteiger partial charge in [0.05, 0.1) is 6.54 Å². The van der Waals surface area contributed by atoms with Crippen LogP contribution in [0.4, 0.5) is 0 Å². The fraction of sp³-hybridized carbons (Fsp3) is 0.188. The Morgan fingerprint density at radius 2 is 2.20 bits per heavy atom. The standard InChI is InChI=1S/C16H15NO3/c1-12-7-8-15(20-12)11-17-16(19)14-6-2-4-13(10-14)5-3-9-18/h2,4,6-8,10,18H,9,11H2,1H3,(H,17,19). The third-order valence-electron chi connectivity index (χ3n) is 2.66. The van der Waals surface area contributed by atoms with Gasteiger partial charge in [-0.15, -0.1) is 0 Å². The molecule has 0 radical (unpaired) electrons. The summed E-state index contributed by atoms with van der Waals surface area (Å²) in [6, 6.07) is 10.6. The number of aliphatic hydroxyl groups is 1. The maximum absolute atomic E-state index is 12.0. The number of amides is 1. The molecule has 0 aliphatic rings. The van der Waals surface area contributed by atoms with Crippen molar-refractivity contribution in [1.29, 1.82) is 0 Å². The van der Waals surface area contributed by atoms with E-state index in [-0.39, 0.29) is 12.5 Å². The molecule has 0 unspecified atom stereocenters. The van der Waals surface area contributed by atoms with Gasteiger partial charge in [0.25, 0.3) is 5.91 Å². The van der Waals surface area contributed by atoms with Gasteiger partial charge in [-0.25, -0.2) is 0 Å². The van der Waals surface area contributed by atoms with E-state index in [9.17, 15) is 4.79 Å². The van der Waals surface area contributed by atoms with Crippen LogP contribution in [0.1, 0.15) is 27.4 Å². The summed E-state index contributed by atoms with van der Waals surface area (Å²) in [6.07, 6.45) is 0. The molecule has 0 aliphatic heterocycles. The van der Waals surface area contributed by atoms with Crippen LogP contribution in [-0.4, -0.2) is 17.6 Å². The van der Waals surface area contributed by atoms with Crippen molar-refractivity contribution in [3.63, 3.8) is 0 Å².